The van der Waals surface area contributed by atoms with Crippen LogP contribution in [0.1, 0.15) is 54.4 Å². The van der Waals surface area contributed by atoms with Gasteiger partial charge in [0.25, 0.3) is 0 Å². The Labute approximate surface area is 115 Å². The number of amides is 1. The first-order valence-electron chi connectivity index (χ1n) is 6.68. The summed E-state index contributed by atoms with van der Waals surface area (Å²) in [5.74, 6) is -0.411. The maximum absolute atomic E-state index is 11.8. The van der Waals surface area contributed by atoms with E-state index < -0.39 is 23.7 Å². The molecule has 0 aromatic carbocycles. The zero-order chi connectivity index (χ0) is 14.8. The second-order valence-corrected chi connectivity index (χ2v) is 7.00. The number of carbonyl (C=O) groups excluding carboxylic acids is 2. The summed E-state index contributed by atoms with van der Waals surface area (Å²) in [6.07, 6.45) is 1.12. The first kappa shape index (κ1) is 15.8. The topological polar surface area (TPSA) is 64.6 Å². The van der Waals surface area contributed by atoms with Crippen LogP contribution in [0.15, 0.2) is 0 Å². The Hall–Kier alpha value is -1.26. The summed E-state index contributed by atoms with van der Waals surface area (Å²) in [6, 6.07) is -0.696. The van der Waals surface area contributed by atoms with E-state index in [0.717, 1.165) is 12.8 Å². The van der Waals surface area contributed by atoms with Crippen molar-refractivity contribution in [2.24, 2.45) is 5.41 Å². The Balaban J connectivity index is 2.31. The third-order valence-corrected chi connectivity index (χ3v) is 2.93. The summed E-state index contributed by atoms with van der Waals surface area (Å²) < 4.78 is 10.4. The molecule has 0 spiro atoms. The molecule has 5 nitrogen and oxygen atoms in total. The van der Waals surface area contributed by atoms with Gasteiger partial charge in [0.1, 0.15) is 17.7 Å². The molecule has 1 aliphatic rings. The molecule has 19 heavy (non-hydrogen) atoms. The lowest BCUT2D eigenvalue weighted by molar-refractivity contribution is -0.161. The highest BCUT2D eigenvalue weighted by Crippen LogP contribution is 2.41. The quantitative estimate of drug-likeness (QED) is 0.801. The first-order chi connectivity index (χ1) is 8.48. The highest BCUT2D eigenvalue weighted by atomic mass is 16.6. The van der Waals surface area contributed by atoms with Gasteiger partial charge < -0.3 is 14.8 Å². The molecule has 0 bridgehead atoms. The number of esters is 1. The highest BCUT2D eigenvalue weighted by Gasteiger charge is 2.39. The zero-order valence-electron chi connectivity index (χ0n) is 12.7. The van der Waals surface area contributed by atoms with Gasteiger partial charge >= 0.3 is 12.1 Å². The predicted octanol–water partition coefficient (Wildman–Crippen LogP) is 2.63. The summed E-state index contributed by atoms with van der Waals surface area (Å²) in [6.45, 7) is 11.2. The van der Waals surface area contributed by atoms with Crippen molar-refractivity contribution in [3.8, 4) is 0 Å². The number of ether oxygens (including phenoxy) is 2. The van der Waals surface area contributed by atoms with Crippen molar-refractivity contribution in [2.45, 2.75) is 72.1 Å². The van der Waals surface area contributed by atoms with Crippen molar-refractivity contribution in [2.75, 3.05) is 0 Å². The summed E-state index contributed by atoms with van der Waals surface area (Å²) >= 11 is 0. The molecule has 1 amide bonds. The summed E-state index contributed by atoms with van der Waals surface area (Å²) in [5.41, 5.74) is -0.321. The average Bonchev–Trinajstić information content (AvgIpc) is 2.10. The fourth-order valence-electron chi connectivity index (χ4n) is 2.07. The monoisotopic (exact) mass is 271 g/mol. The zero-order valence-corrected chi connectivity index (χ0v) is 12.7. The largest absolute Gasteiger partial charge is 0.461 e. The van der Waals surface area contributed by atoms with Gasteiger partial charge in [-0.25, -0.2) is 9.59 Å². The van der Waals surface area contributed by atoms with E-state index >= 15 is 0 Å². The van der Waals surface area contributed by atoms with Crippen LogP contribution in [0.2, 0.25) is 0 Å². The van der Waals surface area contributed by atoms with Crippen LogP contribution in [0.4, 0.5) is 4.79 Å². The fourth-order valence-corrected chi connectivity index (χ4v) is 2.07. The molecule has 1 rings (SSSR count). The van der Waals surface area contributed by atoms with Crippen LogP contribution in [-0.2, 0) is 14.3 Å². The van der Waals surface area contributed by atoms with E-state index in [-0.39, 0.29) is 11.5 Å². The van der Waals surface area contributed by atoms with Gasteiger partial charge in [0.05, 0.1) is 0 Å². The van der Waals surface area contributed by atoms with Gasteiger partial charge in [-0.3, -0.25) is 0 Å². The minimum Gasteiger partial charge on any atom is -0.461 e. The van der Waals surface area contributed by atoms with Crippen LogP contribution in [0.5, 0.6) is 0 Å². The van der Waals surface area contributed by atoms with Gasteiger partial charge in [-0.05, 0) is 46.0 Å². The highest BCUT2D eigenvalue weighted by molar-refractivity contribution is 5.81. The lowest BCUT2D eigenvalue weighted by Gasteiger charge is -2.41. The Bertz CT molecular complexity index is 349. The van der Waals surface area contributed by atoms with Crippen LogP contribution in [0.3, 0.4) is 0 Å². The molecule has 1 fully saturated rings. The minimum atomic E-state index is -0.696. The van der Waals surface area contributed by atoms with E-state index in [9.17, 15) is 9.59 Å². The molecule has 0 heterocycles. The van der Waals surface area contributed by atoms with Gasteiger partial charge in [-0.2, -0.15) is 0 Å². The van der Waals surface area contributed by atoms with Gasteiger partial charge in [-0.15, -0.1) is 0 Å². The van der Waals surface area contributed by atoms with E-state index in [1.165, 1.54) is 0 Å². The van der Waals surface area contributed by atoms with Crippen LogP contribution >= 0.6 is 0 Å². The van der Waals surface area contributed by atoms with Gasteiger partial charge in [-0.1, -0.05) is 13.8 Å². The van der Waals surface area contributed by atoms with E-state index in [1.807, 2.05) is 0 Å². The lowest BCUT2D eigenvalue weighted by atomic mass is 9.70. The van der Waals surface area contributed by atoms with E-state index in [2.05, 4.69) is 19.2 Å². The normalized spacial score (nSPS) is 20.1. The van der Waals surface area contributed by atoms with Gasteiger partial charge in [0.15, 0.2) is 0 Å². The molecule has 0 saturated heterocycles. The van der Waals surface area contributed by atoms with Crippen molar-refractivity contribution < 1.29 is 19.1 Å². The molecule has 0 radical (unpaired) electrons. The number of hydrogen-bond acceptors (Lipinski definition) is 4. The molecule has 110 valence electrons. The molecule has 1 atom stereocenters. The third-order valence-electron chi connectivity index (χ3n) is 2.93. The van der Waals surface area contributed by atoms with Crippen LogP contribution in [-0.4, -0.2) is 29.8 Å². The Morgan fingerprint density at radius 2 is 1.79 bits per heavy atom. The maximum Gasteiger partial charge on any atom is 0.408 e. The number of rotatable bonds is 3. The molecule has 1 aliphatic carbocycles. The van der Waals surface area contributed by atoms with E-state index in [4.69, 9.17) is 9.47 Å². The molecular weight excluding hydrogens is 246 g/mol. The van der Waals surface area contributed by atoms with Crippen molar-refractivity contribution >= 4 is 12.1 Å². The van der Waals surface area contributed by atoms with E-state index in [1.54, 1.807) is 27.7 Å². The van der Waals surface area contributed by atoms with Crippen LogP contribution < -0.4 is 5.32 Å². The average molecular weight is 271 g/mol. The SMILES string of the molecule is CC(NC(=O)OC(C)(C)C)C(=O)OC1CC(C)(C)C1. The van der Waals surface area contributed by atoms with Crippen molar-refractivity contribution in [3.05, 3.63) is 0 Å². The molecule has 1 unspecified atom stereocenters. The Morgan fingerprint density at radius 3 is 2.21 bits per heavy atom. The predicted molar refractivity (Wildman–Crippen MR) is 71.7 cm³/mol. The lowest BCUT2D eigenvalue weighted by Crippen LogP contribution is -2.46. The van der Waals surface area contributed by atoms with Gasteiger partial charge in [0.2, 0.25) is 0 Å². The second-order valence-electron chi connectivity index (χ2n) is 7.00. The molecule has 0 aliphatic heterocycles. The van der Waals surface area contributed by atoms with Gasteiger partial charge in [0, 0.05) is 0 Å². The summed E-state index contributed by atoms with van der Waals surface area (Å²) in [5, 5.41) is 2.47. The number of hydrogen-bond donors (Lipinski definition) is 1. The smallest absolute Gasteiger partial charge is 0.408 e. The summed E-state index contributed by atoms with van der Waals surface area (Å²) in [7, 11) is 0. The van der Waals surface area contributed by atoms with Crippen molar-refractivity contribution in [1.82, 2.24) is 5.32 Å². The molecule has 1 saturated carbocycles. The number of nitrogens with one attached hydrogen (secondary N) is 1. The molecule has 5 heteroatoms. The fraction of sp³-hybridized carbons (Fsp3) is 0.857. The van der Waals surface area contributed by atoms with E-state index in [0.29, 0.717) is 0 Å². The second kappa shape index (κ2) is 5.39. The Kier molecular flexibility index (Phi) is 4.48. The van der Waals surface area contributed by atoms with Crippen molar-refractivity contribution in [3.63, 3.8) is 0 Å². The standard InChI is InChI=1S/C14H25NO4/c1-9(15-12(17)19-13(2,3)4)11(16)18-10-7-14(5,6)8-10/h9-10H,7-8H2,1-6H3,(H,15,17). The number of alkyl carbamates (subject to hydrolysis) is 1. The Morgan fingerprint density at radius 1 is 1.26 bits per heavy atom. The molecule has 0 aromatic rings. The maximum atomic E-state index is 11.8. The first-order valence-corrected chi connectivity index (χ1v) is 6.68. The molecule has 1 N–H and O–H groups in total. The molecular formula is C14H25NO4. The third kappa shape index (κ3) is 5.49. The summed E-state index contributed by atoms with van der Waals surface area (Å²) in [4.78, 5) is 23.3. The molecule has 0 aromatic heterocycles. The minimum absolute atomic E-state index is 0.0228. The van der Waals surface area contributed by atoms with Crippen LogP contribution in [0, 0.1) is 5.41 Å². The number of carbonyl (C=O) groups is 2. The van der Waals surface area contributed by atoms with Crippen LogP contribution in [0.25, 0.3) is 0 Å². The van der Waals surface area contributed by atoms with Crippen molar-refractivity contribution in [1.29, 1.82) is 0 Å².